The highest BCUT2D eigenvalue weighted by atomic mass is 16.4. The SMILES string of the molecule is CCCc1nc(C)c(CN=C(N)Nc2cc(C)cc(C)c2)o1. The Morgan fingerprint density at radius 2 is 1.91 bits per heavy atom. The maximum atomic E-state index is 5.95. The topological polar surface area (TPSA) is 76.4 Å². The van der Waals surface area contributed by atoms with Crippen molar-refractivity contribution in [2.45, 2.75) is 47.1 Å². The van der Waals surface area contributed by atoms with Crippen LogP contribution in [0.1, 0.15) is 41.8 Å². The second-order valence-electron chi connectivity index (χ2n) is 5.57. The minimum atomic E-state index is 0.373. The molecule has 0 bridgehead atoms. The summed E-state index contributed by atoms with van der Waals surface area (Å²) in [4.78, 5) is 8.72. The number of hydrogen-bond acceptors (Lipinski definition) is 3. The van der Waals surface area contributed by atoms with Crippen molar-refractivity contribution in [1.29, 1.82) is 0 Å². The molecular formula is C17H24N4O. The Morgan fingerprint density at radius 1 is 1.23 bits per heavy atom. The van der Waals surface area contributed by atoms with Gasteiger partial charge in [0.2, 0.25) is 0 Å². The Morgan fingerprint density at radius 3 is 2.55 bits per heavy atom. The van der Waals surface area contributed by atoms with Crippen LogP contribution in [0.3, 0.4) is 0 Å². The van der Waals surface area contributed by atoms with E-state index >= 15 is 0 Å². The highest BCUT2D eigenvalue weighted by Crippen LogP contribution is 2.15. The molecule has 0 radical (unpaired) electrons. The predicted molar refractivity (Wildman–Crippen MR) is 90.1 cm³/mol. The van der Waals surface area contributed by atoms with Gasteiger partial charge < -0.3 is 15.5 Å². The van der Waals surface area contributed by atoms with Crippen molar-refractivity contribution in [1.82, 2.24) is 4.98 Å². The van der Waals surface area contributed by atoms with E-state index in [1.165, 1.54) is 11.1 Å². The molecule has 0 aliphatic heterocycles. The van der Waals surface area contributed by atoms with Gasteiger partial charge in [-0.25, -0.2) is 9.98 Å². The van der Waals surface area contributed by atoms with Gasteiger partial charge in [0.15, 0.2) is 11.9 Å². The first-order chi connectivity index (χ1) is 10.5. The van der Waals surface area contributed by atoms with Gasteiger partial charge in [-0.1, -0.05) is 13.0 Å². The molecule has 0 saturated heterocycles. The van der Waals surface area contributed by atoms with Crippen molar-refractivity contribution in [3.8, 4) is 0 Å². The molecule has 1 aromatic carbocycles. The minimum Gasteiger partial charge on any atom is -0.443 e. The summed E-state index contributed by atoms with van der Waals surface area (Å²) >= 11 is 0. The van der Waals surface area contributed by atoms with Gasteiger partial charge in [0.05, 0.1) is 5.69 Å². The Kier molecular flexibility index (Phi) is 5.20. The number of rotatable bonds is 5. The molecule has 22 heavy (non-hydrogen) atoms. The summed E-state index contributed by atoms with van der Waals surface area (Å²) in [6, 6.07) is 6.19. The molecule has 118 valence electrons. The van der Waals surface area contributed by atoms with E-state index in [0.29, 0.717) is 12.5 Å². The number of nitrogens with zero attached hydrogens (tertiary/aromatic N) is 2. The molecule has 5 heteroatoms. The molecule has 2 aromatic rings. The first-order valence-electron chi connectivity index (χ1n) is 7.58. The minimum absolute atomic E-state index is 0.373. The van der Waals surface area contributed by atoms with E-state index in [4.69, 9.17) is 10.2 Å². The van der Waals surface area contributed by atoms with Crippen molar-refractivity contribution in [3.63, 3.8) is 0 Å². The van der Waals surface area contributed by atoms with Crippen LogP contribution in [-0.2, 0) is 13.0 Å². The van der Waals surface area contributed by atoms with Crippen LogP contribution < -0.4 is 11.1 Å². The van der Waals surface area contributed by atoms with E-state index in [1.54, 1.807) is 0 Å². The molecule has 0 spiro atoms. The molecule has 0 atom stereocenters. The Labute approximate surface area is 131 Å². The molecule has 0 amide bonds. The quantitative estimate of drug-likeness (QED) is 0.654. The zero-order chi connectivity index (χ0) is 16.1. The third-order valence-electron chi connectivity index (χ3n) is 3.29. The fraction of sp³-hybridized carbons (Fsp3) is 0.412. The molecule has 0 aliphatic carbocycles. The van der Waals surface area contributed by atoms with Gasteiger partial charge >= 0.3 is 0 Å². The second kappa shape index (κ2) is 7.11. The number of anilines is 1. The average Bonchev–Trinajstić information content (AvgIpc) is 2.76. The van der Waals surface area contributed by atoms with Crippen LogP contribution in [0.25, 0.3) is 0 Å². The van der Waals surface area contributed by atoms with E-state index in [0.717, 1.165) is 35.9 Å². The van der Waals surface area contributed by atoms with Crippen LogP contribution in [0.15, 0.2) is 27.6 Å². The summed E-state index contributed by atoms with van der Waals surface area (Å²) in [5.41, 5.74) is 10.1. The number of aromatic nitrogens is 1. The first kappa shape index (κ1) is 16.1. The lowest BCUT2D eigenvalue weighted by Gasteiger charge is -2.07. The maximum Gasteiger partial charge on any atom is 0.194 e. The molecule has 2 rings (SSSR count). The largest absolute Gasteiger partial charge is 0.443 e. The highest BCUT2D eigenvalue weighted by Gasteiger charge is 2.08. The van der Waals surface area contributed by atoms with Crippen LogP contribution >= 0.6 is 0 Å². The summed E-state index contributed by atoms with van der Waals surface area (Å²) in [5, 5.41) is 3.11. The molecule has 0 unspecified atom stereocenters. The lowest BCUT2D eigenvalue weighted by molar-refractivity contribution is 0.453. The monoisotopic (exact) mass is 300 g/mol. The second-order valence-corrected chi connectivity index (χ2v) is 5.57. The number of aliphatic imine (C=N–C) groups is 1. The number of benzene rings is 1. The van der Waals surface area contributed by atoms with Crippen molar-refractivity contribution in [3.05, 3.63) is 46.7 Å². The zero-order valence-corrected chi connectivity index (χ0v) is 13.7. The lowest BCUT2D eigenvalue weighted by Crippen LogP contribution is -2.22. The van der Waals surface area contributed by atoms with E-state index in [1.807, 2.05) is 19.1 Å². The van der Waals surface area contributed by atoms with Gasteiger partial charge in [0, 0.05) is 12.1 Å². The van der Waals surface area contributed by atoms with Gasteiger partial charge in [0.1, 0.15) is 12.3 Å². The molecule has 0 saturated carbocycles. The third-order valence-corrected chi connectivity index (χ3v) is 3.29. The van der Waals surface area contributed by atoms with Crippen LogP contribution in [0, 0.1) is 20.8 Å². The average molecular weight is 300 g/mol. The van der Waals surface area contributed by atoms with Crippen molar-refractivity contribution in [2.24, 2.45) is 10.7 Å². The van der Waals surface area contributed by atoms with Crippen molar-refractivity contribution < 1.29 is 4.42 Å². The third kappa shape index (κ3) is 4.35. The number of aryl methyl sites for hydroxylation is 4. The number of hydrogen-bond donors (Lipinski definition) is 2. The van der Waals surface area contributed by atoms with Crippen LogP contribution in [0.2, 0.25) is 0 Å². The van der Waals surface area contributed by atoms with Gasteiger partial charge in [-0.05, 0) is 50.5 Å². The molecule has 3 N–H and O–H groups in total. The van der Waals surface area contributed by atoms with Gasteiger partial charge in [0.25, 0.3) is 0 Å². The maximum absolute atomic E-state index is 5.95. The van der Waals surface area contributed by atoms with Crippen LogP contribution in [-0.4, -0.2) is 10.9 Å². The number of nitrogens with one attached hydrogen (secondary N) is 1. The van der Waals surface area contributed by atoms with Crippen molar-refractivity contribution in [2.75, 3.05) is 5.32 Å². The standard InChI is InChI=1S/C17H24N4O/c1-5-6-16-20-13(4)15(22-16)10-19-17(18)21-14-8-11(2)7-12(3)9-14/h7-9H,5-6,10H2,1-4H3,(H3,18,19,21). The Bertz CT molecular complexity index is 653. The summed E-state index contributed by atoms with van der Waals surface area (Å²) < 4.78 is 5.69. The number of nitrogens with two attached hydrogens (primary N) is 1. The summed E-state index contributed by atoms with van der Waals surface area (Å²) in [7, 11) is 0. The zero-order valence-electron chi connectivity index (χ0n) is 13.7. The smallest absolute Gasteiger partial charge is 0.194 e. The fourth-order valence-corrected chi connectivity index (χ4v) is 2.35. The van der Waals surface area contributed by atoms with E-state index in [9.17, 15) is 0 Å². The van der Waals surface area contributed by atoms with E-state index < -0.39 is 0 Å². The van der Waals surface area contributed by atoms with Crippen molar-refractivity contribution >= 4 is 11.6 Å². The number of guanidine groups is 1. The molecule has 1 aromatic heterocycles. The first-order valence-corrected chi connectivity index (χ1v) is 7.58. The summed E-state index contributed by atoms with van der Waals surface area (Å²) in [6.07, 6.45) is 1.86. The van der Waals surface area contributed by atoms with Crippen LogP contribution in [0.5, 0.6) is 0 Å². The highest BCUT2D eigenvalue weighted by molar-refractivity contribution is 5.92. The van der Waals surface area contributed by atoms with Crippen LogP contribution in [0.4, 0.5) is 5.69 Å². The van der Waals surface area contributed by atoms with Gasteiger partial charge in [-0.15, -0.1) is 0 Å². The summed E-state index contributed by atoms with van der Waals surface area (Å²) in [6.45, 7) is 8.54. The number of oxazole rings is 1. The van der Waals surface area contributed by atoms with Gasteiger partial charge in [-0.2, -0.15) is 0 Å². The molecule has 5 nitrogen and oxygen atoms in total. The summed E-state index contributed by atoms with van der Waals surface area (Å²) in [5.74, 6) is 1.91. The molecule has 0 aliphatic rings. The van der Waals surface area contributed by atoms with Gasteiger partial charge in [-0.3, -0.25) is 0 Å². The van der Waals surface area contributed by atoms with E-state index in [-0.39, 0.29) is 0 Å². The molecule has 0 fully saturated rings. The predicted octanol–water partition coefficient (Wildman–Crippen LogP) is 3.48. The lowest BCUT2D eigenvalue weighted by atomic mass is 10.1. The van der Waals surface area contributed by atoms with E-state index in [2.05, 4.69) is 42.1 Å². The molecule has 1 heterocycles. The fourth-order valence-electron chi connectivity index (χ4n) is 2.35. The normalized spacial score (nSPS) is 11.7. The molecular weight excluding hydrogens is 276 g/mol. The Hall–Kier alpha value is -2.30. The Balaban J connectivity index is 2.03.